The fraction of sp³-hybridized carbons (Fsp3) is 0.222. The molecule has 0 heterocycles. The molecule has 2 N–H and O–H groups in total. The first kappa shape index (κ1) is 9.80. The summed E-state index contributed by atoms with van der Waals surface area (Å²) in [5.41, 5.74) is 5.39. The van der Waals surface area contributed by atoms with Crippen molar-refractivity contribution in [2.45, 2.75) is 12.5 Å². The second-order valence-electron chi connectivity index (χ2n) is 2.74. The molecule has 1 atom stereocenters. The summed E-state index contributed by atoms with van der Waals surface area (Å²) in [6.45, 7) is 0. The van der Waals surface area contributed by atoms with E-state index >= 15 is 0 Å². The molecule has 0 aliphatic heterocycles. The highest BCUT2D eigenvalue weighted by atomic mass is 19.1. The molecular formula is C9H9F2NO. The highest BCUT2D eigenvalue weighted by Gasteiger charge is 2.07. The number of hydrogen-bond donors (Lipinski definition) is 1. The third kappa shape index (κ3) is 2.59. The van der Waals surface area contributed by atoms with E-state index in [1.807, 2.05) is 0 Å². The van der Waals surface area contributed by atoms with Gasteiger partial charge in [0.15, 0.2) is 0 Å². The minimum absolute atomic E-state index is 0.0209. The number of aldehydes is 1. The standard InChI is InChI=1S/C9H9F2NO/c10-7-1-2-9(11)6(3-7)4-8(12)5-13/h1-3,5,8H,4,12H2/t8-/m0/s1. The third-order valence-electron chi connectivity index (χ3n) is 1.64. The lowest BCUT2D eigenvalue weighted by atomic mass is 10.1. The Balaban J connectivity index is 2.86. The SMILES string of the molecule is N[C@H](C=O)Cc1cc(F)ccc1F. The van der Waals surface area contributed by atoms with Crippen LogP contribution in [0.2, 0.25) is 0 Å². The minimum Gasteiger partial charge on any atom is -0.321 e. The van der Waals surface area contributed by atoms with Gasteiger partial charge in [0.1, 0.15) is 17.9 Å². The molecule has 0 fully saturated rings. The maximum Gasteiger partial charge on any atom is 0.137 e. The van der Waals surface area contributed by atoms with Crippen molar-refractivity contribution in [3.63, 3.8) is 0 Å². The predicted octanol–water partition coefficient (Wildman–Crippen LogP) is 1.03. The fourth-order valence-corrected chi connectivity index (χ4v) is 1.00. The van der Waals surface area contributed by atoms with Gasteiger partial charge >= 0.3 is 0 Å². The van der Waals surface area contributed by atoms with Gasteiger partial charge in [-0.05, 0) is 30.2 Å². The summed E-state index contributed by atoms with van der Waals surface area (Å²) in [4.78, 5) is 10.2. The molecule has 2 nitrogen and oxygen atoms in total. The second kappa shape index (κ2) is 4.09. The van der Waals surface area contributed by atoms with E-state index in [4.69, 9.17) is 5.73 Å². The van der Waals surface area contributed by atoms with Crippen LogP contribution >= 0.6 is 0 Å². The van der Waals surface area contributed by atoms with Gasteiger partial charge < -0.3 is 10.5 Å². The summed E-state index contributed by atoms with van der Waals surface area (Å²) in [5, 5.41) is 0. The summed E-state index contributed by atoms with van der Waals surface area (Å²) < 4.78 is 25.5. The molecule has 13 heavy (non-hydrogen) atoms. The Hall–Kier alpha value is -1.29. The number of carbonyl (C=O) groups is 1. The molecule has 0 aliphatic rings. The number of hydrogen-bond acceptors (Lipinski definition) is 2. The Morgan fingerprint density at radius 3 is 2.77 bits per heavy atom. The van der Waals surface area contributed by atoms with Crippen molar-refractivity contribution in [1.29, 1.82) is 0 Å². The van der Waals surface area contributed by atoms with Crippen LogP contribution in [0.25, 0.3) is 0 Å². The van der Waals surface area contributed by atoms with Crippen molar-refractivity contribution >= 4 is 6.29 Å². The average Bonchev–Trinajstić information content (AvgIpc) is 2.11. The molecular weight excluding hydrogens is 176 g/mol. The lowest BCUT2D eigenvalue weighted by molar-refractivity contribution is -0.108. The summed E-state index contributed by atoms with van der Waals surface area (Å²) in [5.74, 6) is -1.08. The van der Waals surface area contributed by atoms with Crippen molar-refractivity contribution < 1.29 is 13.6 Å². The van der Waals surface area contributed by atoms with Crippen molar-refractivity contribution in [3.05, 3.63) is 35.4 Å². The van der Waals surface area contributed by atoms with Crippen molar-refractivity contribution in [1.82, 2.24) is 0 Å². The van der Waals surface area contributed by atoms with Gasteiger partial charge in [0.05, 0.1) is 6.04 Å². The van der Waals surface area contributed by atoms with E-state index < -0.39 is 17.7 Å². The number of halogens is 2. The Labute approximate surface area is 74.4 Å². The molecule has 0 saturated heterocycles. The van der Waals surface area contributed by atoms with E-state index in [1.54, 1.807) is 0 Å². The predicted molar refractivity (Wildman–Crippen MR) is 44.1 cm³/mol. The first-order valence-corrected chi connectivity index (χ1v) is 3.78. The van der Waals surface area contributed by atoms with Gasteiger partial charge in [0.25, 0.3) is 0 Å². The molecule has 1 aromatic rings. The summed E-state index contributed by atoms with van der Waals surface area (Å²) >= 11 is 0. The average molecular weight is 185 g/mol. The maximum atomic E-state index is 12.9. The lowest BCUT2D eigenvalue weighted by Gasteiger charge is -2.04. The van der Waals surface area contributed by atoms with Gasteiger partial charge in [-0.3, -0.25) is 0 Å². The van der Waals surface area contributed by atoms with Crippen LogP contribution in [-0.4, -0.2) is 12.3 Å². The quantitative estimate of drug-likeness (QED) is 0.715. The first-order chi connectivity index (χ1) is 6.13. The Morgan fingerprint density at radius 2 is 2.15 bits per heavy atom. The monoisotopic (exact) mass is 185 g/mol. The molecule has 0 spiro atoms. The molecule has 0 radical (unpaired) electrons. The largest absolute Gasteiger partial charge is 0.321 e. The van der Waals surface area contributed by atoms with Crippen LogP contribution in [0, 0.1) is 11.6 Å². The van der Waals surface area contributed by atoms with Crippen LogP contribution < -0.4 is 5.73 Å². The summed E-state index contributed by atoms with van der Waals surface area (Å²) in [6.07, 6.45) is 0.525. The van der Waals surface area contributed by atoms with Crippen LogP contribution in [0.1, 0.15) is 5.56 Å². The van der Waals surface area contributed by atoms with Crippen LogP contribution in [0.3, 0.4) is 0 Å². The van der Waals surface area contributed by atoms with Gasteiger partial charge in [0.2, 0.25) is 0 Å². The van der Waals surface area contributed by atoms with E-state index in [0.717, 1.165) is 18.2 Å². The molecule has 0 bridgehead atoms. The van der Waals surface area contributed by atoms with Gasteiger partial charge in [-0.2, -0.15) is 0 Å². The zero-order valence-corrected chi connectivity index (χ0v) is 6.84. The number of benzene rings is 1. The van der Waals surface area contributed by atoms with Crippen LogP contribution in [0.4, 0.5) is 8.78 Å². The highest BCUT2D eigenvalue weighted by molar-refractivity contribution is 5.57. The van der Waals surface area contributed by atoms with Gasteiger partial charge in [-0.1, -0.05) is 0 Å². The first-order valence-electron chi connectivity index (χ1n) is 3.78. The van der Waals surface area contributed by atoms with Gasteiger partial charge in [-0.25, -0.2) is 8.78 Å². The zero-order valence-electron chi connectivity index (χ0n) is 6.84. The second-order valence-corrected chi connectivity index (χ2v) is 2.74. The van der Waals surface area contributed by atoms with E-state index in [0.29, 0.717) is 6.29 Å². The Kier molecular flexibility index (Phi) is 3.08. The van der Waals surface area contributed by atoms with Crippen molar-refractivity contribution in [2.75, 3.05) is 0 Å². The molecule has 0 saturated carbocycles. The highest BCUT2D eigenvalue weighted by Crippen LogP contribution is 2.10. The summed E-state index contributed by atoms with van der Waals surface area (Å²) in [7, 11) is 0. The van der Waals surface area contributed by atoms with Gasteiger partial charge in [0, 0.05) is 0 Å². The lowest BCUT2D eigenvalue weighted by Crippen LogP contribution is -2.24. The number of carbonyl (C=O) groups excluding carboxylic acids is 1. The number of rotatable bonds is 3. The van der Waals surface area contributed by atoms with E-state index in [2.05, 4.69) is 0 Å². The fourth-order valence-electron chi connectivity index (χ4n) is 1.00. The van der Waals surface area contributed by atoms with Crippen LogP contribution in [0.5, 0.6) is 0 Å². The molecule has 0 aromatic heterocycles. The van der Waals surface area contributed by atoms with Crippen molar-refractivity contribution in [3.8, 4) is 0 Å². The molecule has 1 aromatic carbocycles. The molecule has 4 heteroatoms. The zero-order chi connectivity index (χ0) is 9.84. The van der Waals surface area contributed by atoms with E-state index in [1.165, 1.54) is 0 Å². The van der Waals surface area contributed by atoms with E-state index in [9.17, 15) is 13.6 Å². The van der Waals surface area contributed by atoms with Crippen LogP contribution in [0.15, 0.2) is 18.2 Å². The van der Waals surface area contributed by atoms with Crippen molar-refractivity contribution in [2.24, 2.45) is 5.73 Å². The normalized spacial score (nSPS) is 12.5. The third-order valence-corrected chi connectivity index (χ3v) is 1.64. The summed E-state index contributed by atoms with van der Waals surface area (Å²) in [6, 6.07) is 2.29. The van der Waals surface area contributed by atoms with Crippen LogP contribution in [-0.2, 0) is 11.2 Å². The topological polar surface area (TPSA) is 43.1 Å². The minimum atomic E-state index is -0.781. The Bertz CT molecular complexity index is 314. The van der Waals surface area contributed by atoms with E-state index in [-0.39, 0.29) is 12.0 Å². The maximum absolute atomic E-state index is 12.9. The molecule has 70 valence electrons. The smallest absolute Gasteiger partial charge is 0.137 e. The molecule has 1 rings (SSSR count). The molecule has 0 amide bonds. The molecule has 0 unspecified atom stereocenters. The Morgan fingerprint density at radius 1 is 1.46 bits per heavy atom. The van der Waals surface area contributed by atoms with Gasteiger partial charge in [-0.15, -0.1) is 0 Å². The molecule has 0 aliphatic carbocycles. The number of nitrogens with two attached hydrogens (primary N) is 1.